The molecule has 2 rings (SSSR count). The molecule has 1 fully saturated rings. The highest BCUT2D eigenvalue weighted by Gasteiger charge is 2.24. The monoisotopic (exact) mass is 296 g/mol. The molecule has 110 valence electrons. The van der Waals surface area contributed by atoms with Gasteiger partial charge < -0.3 is 5.32 Å². The summed E-state index contributed by atoms with van der Waals surface area (Å²) < 4.78 is 22.7. The second-order valence-electron chi connectivity index (χ2n) is 5.61. The molecule has 1 amide bonds. The maximum atomic E-state index is 12.3. The number of nitrogens with one attached hydrogen (secondary N) is 1. The predicted molar refractivity (Wildman–Crippen MR) is 76.8 cm³/mol. The van der Waals surface area contributed by atoms with E-state index in [2.05, 4.69) is 12.2 Å². The summed E-state index contributed by atoms with van der Waals surface area (Å²) in [5.74, 6) is 0.393. The fourth-order valence-electron chi connectivity index (χ4n) is 2.62. The lowest BCUT2D eigenvalue weighted by Crippen LogP contribution is -2.33. The van der Waals surface area contributed by atoms with Crippen molar-refractivity contribution in [3.63, 3.8) is 0 Å². The van der Waals surface area contributed by atoms with Gasteiger partial charge in [0.1, 0.15) is 0 Å². The average Bonchev–Trinajstić information content (AvgIpc) is 2.73. The highest BCUT2D eigenvalue weighted by molar-refractivity contribution is 7.89. The minimum atomic E-state index is -3.79. The SMILES string of the molecule is Cc1ccc(S(N)(=O)=O)cc1C(=O)NC1CCC(C)C1. The molecular formula is C14H20N2O3S. The number of aryl methyl sites for hydroxylation is 1. The van der Waals surface area contributed by atoms with E-state index >= 15 is 0 Å². The van der Waals surface area contributed by atoms with Crippen LogP contribution in [0.2, 0.25) is 0 Å². The molecule has 2 unspecified atom stereocenters. The van der Waals surface area contributed by atoms with Crippen LogP contribution in [0.15, 0.2) is 23.1 Å². The minimum Gasteiger partial charge on any atom is -0.349 e. The van der Waals surface area contributed by atoms with E-state index in [1.54, 1.807) is 13.0 Å². The van der Waals surface area contributed by atoms with Gasteiger partial charge in [0.25, 0.3) is 5.91 Å². The van der Waals surface area contributed by atoms with Gasteiger partial charge in [0, 0.05) is 11.6 Å². The van der Waals surface area contributed by atoms with Crippen LogP contribution in [-0.4, -0.2) is 20.4 Å². The number of carbonyl (C=O) groups is 1. The van der Waals surface area contributed by atoms with Crippen molar-refractivity contribution < 1.29 is 13.2 Å². The van der Waals surface area contributed by atoms with Gasteiger partial charge in [-0.2, -0.15) is 0 Å². The number of rotatable bonds is 3. The molecule has 5 nitrogen and oxygen atoms in total. The molecule has 20 heavy (non-hydrogen) atoms. The molecule has 1 aromatic rings. The third-order valence-electron chi connectivity index (χ3n) is 3.81. The second kappa shape index (κ2) is 5.54. The Morgan fingerprint density at radius 2 is 2.05 bits per heavy atom. The molecule has 0 saturated heterocycles. The fraction of sp³-hybridized carbons (Fsp3) is 0.500. The van der Waals surface area contributed by atoms with Crippen LogP contribution in [0.4, 0.5) is 0 Å². The van der Waals surface area contributed by atoms with Gasteiger partial charge in [-0.1, -0.05) is 13.0 Å². The molecule has 0 heterocycles. The third kappa shape index (κ3) is 3.37. The predicted octanol–water partition coefficient (Wildman–Crippen LogP) is 1.56. The molecule has 1 saturated carbocycles. The van der Waals surface area contributed by atoms with E-state index in [1.807, 2.05) is 0 Å². The highest BCUT2D eigenvalue weighted by atomic mass is 32.2. The maximum Gasteiger partial charge on any atom is 0.251 e. The smallest absolute Gasteiger partial charge is 0.251 e. The number of sulfonamides is 1. The van der Waals surface area contributed by atoms with E-state index in [0.717, 1.165) is 24.8 Å². The van der Waals surface area contributed by atoms with E-state index < -0.39 is 10.0 Å². The van der Waals surface area contributed by atoms with Crippen molar-refractivity contribution in [1.29, 1.82) is 0 Å². The molecule has 2 atom stereocenters. The van der Waals surface area contributed by atoms with Gasteiger partial charge in [-0.15, -0.1) is 0 Å². The van der Waals surface area contributed by atoms with E-state index in [9.17, 15) is 13.2 Å². The summed E-state index contributed by atoms with van der Waals surface area (Å²) >= 11 is 0. The van der Waals surface area contributed by atoms with E-state index in [-0.39, 0.29) is 16.8 Å². The lowest BCUT2D eigenvalue weighted by atomic mass is 10.1. The first kappa shape index (κ1) is 15.0. The quantitative estimate of drug-likeness (QED) is 0.887. The van der Waals surface area contributed by atoms with Gasteiger partial charge in [0.05, 0.1) is 4.90 Å². The van der Waals surface area contributed by atoms with Gasteiger partial charge in [0.15, 0.2) is 0 Å². The number of hydrogen-bond donors (Lipinski definition) is 2. The Hall–Kier alpha value is -1.40. The Morgan fingerprint density at radius 1 is 1.35 bits per heavy atom. The molecule has 3 N–H and O–H groups in total. The minimum absolute atomic E-state index is 0.0342. The van der Waals surface area contributed by atoms with E-state index in [1.165, 1.54) is 12.1 Å². The molecule has 6 heteroatoms. The van der Waals surface area contributed by atoms with Crippen LogP contribution < -0.4 is 10.5 Å². The Bertz CT molecular complexity index is 625. The van der Waals surface area contributed by atoms with E-state index in [0.29, 0.717) is 11.5 Å². The van der Waals surface area contributed by atoms with Crippen molar-refractivity contribution in [3.8, 4) is 0 Å². The van der Waals surface area contributed by atoms with Crippen molar-refractivity contribution >= 4 is 15.9 Å². The number of primary sulfonamides is 1. The second-order valence-corrected chi connectivity index (χ2v) is 7.17. The summed E-state index contributed by atoms with van der Waals surface area (Å²) in [7, 11) is -3.79. The molecule has 1 aromatic carbocycles. The van der Waals surface area contributed by atoms with Crippen molar-refractivity contribution in [2.75, 3.05) is 0 Å². The first-order chi connectivity index (χ1) is 9.27. The topological polar surface area (TPSA) is 89.3 Å². The molecular weight excluding hydrogens is 276 g/mol. The summed E-state index contributed by atoms with van der Waals surface area (Å²) in [5.41, 5.74) is 1.11. The van der Waals surface area contributed by atoms with Crippen LogP contribution in [0.5, 0.6) is 0 Å². The largest absolute Gasteiger partial charge is 0.349 e. The first-order valence-electron chi connectivity index (χ1n) is 6.71. The number of hydrogen-bond acceptors (Lipinski definition) is 3. The lowest BCUT2D eigenvalue weighted by Gasteiger charge is -2.14. The Morgan fingerprint density at radius 3 is 2.60 bits per heavy atom. The van der Waals surface area contributed by atoms with Gasteiger partial charge >= 0.3 is 0 Å². The van der Waals surface area contributed by atoms with E-state index in [4.69, 9.17) is 5.14 Å². The zero-order valence-corrected chi connectivity index (χ0v) is 12.5. The summed E-state index contributed by atoms with van der Waals surface area (Å²) in [4.78, 5) is 12.2. The fourth-order valence-corrected chi connectivity index (χ4v) is 3.16. The van der Waals surface area contributed by atoms with Crippen LogP contribution in [0.25, 0.3) is 0 Å². The molecule has 0 aliphatic heterocycles. The number of benzene rings is 1. The Labute approximate surface area is 119 Å². The Kier molecular flexibility index (Phi) is 4.15. The standard InChI is InChI=1S/C14H20N2O3S/c1-9-3-5-11(7-9)16-14(17)13-8-12(20(15,18)19)6-4-10(13)2/h4,6,8-9,11H,3,5,7H2,1-2H3,(H,16,17)(H2,15,18,19). The molecule has 1 aliphatic carbocycles. The zero-order valence-electron chi connectivity index (χ0n) is 11.7. The lowest BCUT2D eigenvalue weighted by molar-refractivity contribution is 0.0936. The average molecular weight is 296 g/mol. The summed E-state index contributed by atoms with van der Waals surface area (Å²) in [5, 5.41) is 8.07. The van der Waals surface area contributed by atoms with Crippen LogP contribution in [0.1, 0.15) is 42.1 Å². The normalized spacial score (nSPS) is 22.8. The molecule has 0 bridgehead atoms. The van der Waals surface area contributed by atoms with Gasteiger partial charge in [-0.25, -0.2) is 13.6 Å². The Balaban J connectivity index is 2.21. The molecule has 0 spiro atoms. The summed E-state index contributed by atoms with van der Waals surface area (Å²) in [6, 6.07) is 4.54. The summed E-state index contributed by atoms with van der Waals surface area (Å²) in [6.07, 6.45) is 3.06. The third-order valence-corrected chi connectivity index (χ3v) is 4.72. The van der Waals surface area contributed by atoms with Crippen molar-refractivity contribution in [1.82, 2.24) is 5.32 Å². The van der Waals surface area contributed by atoms with Gasteiger partial charge in [0.2, 0.25) is 10.0 Å². The van der Waals surface area contributed by atoms with Crippen LogP contribution in [0.3, 0.4) is 0 Å². The van der Waals surface area contributed by atoms with Crippen molar-refractivity contribution in [2.45, 2.75) is 44.0 Å². The zero-order chi connectivity index (χ0) is 14.9. The van der Waals surface area contributed by atoms with Crippen LogP contribution in [-0.2, 0) is 10.0 Å². The number of nitrogens with two attached hydrogens (primary N) is 1. The number of amides is 1. The molecule has 0 aromatic heterocycles. The van der Waals surface area contributed by atoms with Crippen molar-refractivity contribution in [2.24, 2.45) is 11.1 Å². The molecule has 0 radical (unpaired) electrons. The van der Waals surface area contributed by atoms with Crippen molar-refractivity contribution in [3.05, 3.63) is 29.3 Å². The maximum absolute atomic E-state index is 12.3. The first-order valence-corrected chi connectivity index (χ1v) is 8.26. The summed E-state index contributed by atoms with van der Waals surface area (Å²) in [6.45, 7) is 3.94. The van der Waals surface area contributed by atoms with Gasteiger partial charge in [-0.05, 0) is 49.8 Å². The number of carbonyl (C=O) groups excluding carboxylic acids is 1. The highest BCUT2D eigenvalue weighted by Crippen LogP contribution is 2.25. The molecule has 1 aliphatic rings. The van der Waals surface area contributed by atoms with Gasteiger partial charge in [-0.3, -0.25) is 4.79 Å². The van der Waals surface area contributed by atoms with Crippen LogP contribution >= 0.6 is 0 Å². The van der Waals surface area contributed by atoms with Crippen LogP contribution in [0, 0.1) is 12.8 Å².